The molecule has 1 atom stereocenters. The molecule has 2 N–H and O–H groups in total. The van der Waals surface area contributed by atoms with E-state index >= 15 is 0 Å². The molecule has 0 saturated carbocycles. The van der Waals surface area contributed by atoms with Crippen molar-refractivity contribution in [1.29, 1.82) is 0 Å². The van der Waals surface area contributed by atoms with Crippen LogP contribution in [0, 0.1) is 0 Å². The molecule has 0 bridgehead atoms. The Kier molecular flexibility index (Phi) is 3.75. The summed E-state index contributed by atoms with van der Waals surface area (Å²) in [5.41, 5.74) is 1.52. The average molecular weight is 299 g/mol. The predicted octanol–water partition coefficient (Wildman–Crippen LogP) is 2.98. The van der Waals surface area contributed by atoms with Crippen LogP contribution in [-0.4, -0.2) is 30.1 Å². The maximum Gasteiger partial charge on any atom is 0.262 e. The number of thioether (sulfide) groups is 1. The van der Waals surface area contributed by atoms with Gasteiger partial charge in [0.1, 0.15) is 5.75 Å². The molecule has 0 aromatic heterocycles. The second-order valence-electron chi connectivity index (χ2n) is 4.72. The van der Waals surface area contributed by atoms with E-state index < -0.39 is 0 Å². The Morgan fingerprint density at radius 1 is 1.47 bits per heavy atom. The molecular formula is C13H15ClN2O2S. The summed E-state index contributed by atoms with van der Waals surface area (Å²) in [5, 5.41) is 6.83. The Morgan fingerprint density at radius 2 is 2.37 bits per heavy atom. The second-order valence-corrected chi connectivity index (χ2v) is 6.28. The molecule has 2 heterocycles. The van der Waals surface area contributed by atoms with Crippen LogP contribution in [0.5, 0.6) is 5.75 Å². The number of fused-ring (bicyclic) bond motifs is 1. The van der Waals surface area contributed by atoms with Crippen molar-refractivity contribution in [2.75, 3.05) is 28.7 Å². The van der Waals surface area contributed by atoms with Crippen LogP contribution in [0.3, 0.4) is 0 Å². The zero-order valence-electron chi connectivity index (χ0n) is 10.4. The first-order valence-corrected chi connectivity index (χ1v) is 7.86. The molecule has 19 heavy (non-hydrogen) atoms. The molecule has 1 amide bonds. The van der Waals surface area contributed by atoms with Crippen molar-refractivity contribution in [2.45, 2.75) is 18.9 Å². The number of amides is 1. The fourth-order valence-electron chi connectivity index (χ4n) is 2.29. The van der Waals surface area contributed by atoms with Crippen LogP contribution >= 0.6 is 23.4 Å². The quantitative estimate of drug-likeness (QED) is 0.881. The van der Waals surface area contributed by atoms with Crippen LogP contribution in [0.4, 0.5) is 11.4 Å². The minimum Gasteiger partial charge on any atom is -0.482 e. The van der Waals surface area contributed by atoms with Crippen molar-refractivity contribution in [3.05, 3.63) is 17.2 Å². The smallest absolute Gasteiger partial charge is 0.262 e. The molecule has 1 fully saturated rings. The topological polar surface area (TPSA) is 50.4 Å². The number of halogens is 1. The lowest BCUT2D eigenvalue weighted by molar-refractivity contribution is -0.118. The zero-order chi connectivity index (χ0) is 13.2. The third-order valence-electron chi connectivity index (χ3n) is 3.22. The first-order valence-electron chi connectivity index (χ1n) is 6.33. The van der Waals surface area contributed by atoms with Crippen LogP contribution in [0.1, 0.15) is 12.8 Å². The standard InChI is InChI=1S/C13H15ClN2O2S/c14-9-4-11-12(18-6-13(17)16-11)5-10(9)15-8-2-1-3-19-7-8/h4-5,8,15H,1-3,6-7H2,(H,16,17). The number of anilines is 2. The van der Waals surface area contributed by atoms with Crippen LogP contribution < -0.4 is 15.4 Å². The van der Waals surface area contributed by atoms with Crippen molar-refractivity contribution in [1.82, 2.24) is 0 Å². The molecular weight excluding hydrogens is 284 g/mol. The molecule has 102 valence electrons. The molecule has 1 aromatic rings. The fourth-order valence-corrected chi connectivity index (χ4v) is 3.58. The van der Waals surface area contributed by atoms with E-state index in [4.69, 9.17) is 16.3 Å². The minimum absolute atomic E-state index is 0.0629. The highest BCUT2D eigenvalue weighted by molar-refractivity contribution is 7.99. The first-order chi connectivity index (χ1) is 9.22. The van der Waals surface area contributed by atoms with Crippen molar-refractivity contribution in [3.8, 4) is 5.75 Å². The molecule has 2 aliphatic rings. The molecule has 2 aliphatic heterocycles. The minimum atomic E-state index is -0.145. The van der Waals surface area contributed by atoms with Gasteiger partial charge in [-0.1, -0.05) is 11.6 Å². The molecule has 4 nitrogen and oxygen atoms in total. The van der Waals surface area contributed by atoms with Crippen LogP contribution in [-0.2, 0) is 4.79 Å². The molecule has 0 spiro atoms. The van der Waals surface area contributed by atoms with Gasteiger partial charge in [0.05, 0.1) is 16.4 Å². The first kappa shape index (κ1) is 12.9. The molecule has 1 saturated heterocycles. The Hall–Kier alpha value is -1.07. The lowest BCUT2D eigenvalue weighted by Gasteiger charge is -2.25. The number of ether oxygens (including phenoxy) is 1. The van der Waals surface area contributed by atoms with Crippen molar-refractivity contribution in [2.24, 2.45) is 0 Å². The second kappa shape index (κ2) is 5.51. The Balaban J connectivity index is 1.80. The van der Waals surface area contributed by atoms with Gasteiger partial charge >= 0.3 is 0 Å². The van der Waals surface area contributed by atoms with Gasteiger partial charge < -0.3 is 15.4 Å². The predicted molar refractivity (Wildman–Crippen MR) is 79.5 cm³/mol. The summed E-state index contributed by atoms with van der Waals surface area (Å²) in [5.74, 6) is 2.87. The monoisotopic (exact) mass is 298 g/mol. The van der Waals surface area contributed by atoms with Gasteiger partial charge in [-0.25, -0.2) is 0 Å². The maximum atomic E-state index is 11.2. The summed E-state index contributed by atoms with van der Waals surface area (Å²) >= 11 is 8.22. The van der Waals surface area contributed by atoms with Gasteiger partial charge in [-0.05, 0) is 24.7 Å². The van der Waals surface area contributed by atoms with Gasteiger partial charge in [0.15, 0.2) is 6.61 Å². The highest BCUT2D eigenvalue weighted by Gasteiger charge is 2.20. The third kappa shape index (κ3) is 2.92. The largest absolute Gasteiger partial charge is 0.482 e. The summed E-state index contributed by atoms with van der Waals surface area (Å²) in [7, 11) is 0. The lowest BCUT2D eigenvalue weighted by atomic mass is 10.1. The van der Waals surface area contributed by atoms with E-state index in [1.165, 1.54) is 12.2 Å². The maximum absolute atomic E-state index is 11.2. The summed E-state index contributed by atoms with van der Waals surface area (Å²) in [4.78, 5) is 11.2. The summed E-state index contributed by atoms with van der Waals surface area (Å²) < 4.78 is 5.40. The number of benzene rings is 1. The highest BCUT2D eigenvalue weighted by Crippen LogP contribution is 2.37. The van der Waals surface area contributed by atoms with Gasteiger partial charge in [-0.3, -0.25) is 4.79 Å². The number of hydrogen-bond acceptors (Lipinski definition) is 4. The van der Waals surface area contributed by atoms with Crippen LogP contribution in [0.15, 0.2) is 12.1 Å². The summed E-state index contributed by atoms with van der Waals surface area (Å²) in [6.07, 6.45) is 2.40. The zero-order valence-corrected chi connectivity index (χ0v) is 11.9. The SMILES string of the molecule is O=C1COc2cc(NC3CCCSC3)c(Cl)cc2N1. The number of rotatable bonds is 2. The van der Waals surface area contributed by atoms with E-state index in [-0.39, 0.29) is 12.5 Å². The van der Waals surface area contributed by atoms with E-state index in [9.17, 15) is 4.79 Å². The molecule has 0 radical (unpaired) electrons. The van der Waals surface area contributed by atoms with Gasteiger partial charge in [0.2, 0.25) is 0 Å². The molecule has 3 rings (SSSR count). The molecule has 0 aliphatic carbocycles. The number of hydrogen-bond donors (Lipinski definition) is 2. The van der Waals surface area contributed by atoms with E-state index in [1.54, 1.807) is 6.07 Å². The number of nitrogens with one attached hydrogen (secondary N) is 2. The van der Waals surface area contributed by atoms with E-state index in [2.05, 4.69) is 10.6 Å². The van der Waals surface area contributed by atoms with Gasteiger partial charge in [-0.2, -0.15) is 11.8 Å². The average Bonchev–Trinajstić information content (AvgIpc) is 2.41. The molecule has 1 unspecified atom stereocenters. The van der Waals surface area contributed by atoms with Crippen molar-refractivity contribution >= 4 is 40.6 Å². The number of carbonyl (C=O) groups excluding carboxylic acids is 1. The Bertz CT molecular complexity index is 504. The Labute approximate surface area is 121 Å². The van der Waals surface area contributed by atoms with E-state index in [0.29, 0.717) is 22.5 Å². The fraction of sp³-hybridized carbons (Fsp3) is 0.462. The normalized spacial score (nSPS) is 22.2. The van der Waals surface area contributed by atoms with Crippen molar-refractivity contribution in [3.63, 3.8) is 0 Å². The van der Waals surface area contributed by atoms with Gasteiger partial charge in [-0.15, -0.1) is 0 Å². The lowest BCUT2D eigenvalue weighted by Crippen LogP contribution is -2.27. The van der Waals surface area contributed by atoms with Gasteiger partial charge in [0.25, 0.3) is 5.91 Å². The van der Waals surface area contributed by atoms with Crippen LogP contribution in [0.2, 0.25) is 5.02 Å². The van der Waals surface area contributed by atoms with E-state index in [0.717, 1.165) is 17.9 Å². The van der Waals surface area contributed by atoms with Crippen molar-refractivity contribution < 1.29 is 9.53 Å². The Morgan fingerprint density at radius 3 is 3.16 bits per heavy atom. The molecule has 1 aromatic carbocycles. The van der Waals surface area contributed by atoms with Gasteiger partial charge in [0, 0.05) is 17.9 Å². The third-order valence-corrected chi connectivity index (χ3v) is 4.75. The van der Waals surface area contributed by atoms with Crippen LogP contribution in [0.25, 0.3) is 0 Å². The number of carbonyl (C=O) groups is 1. The highest BCUT2D eigenvalue weighted by atomic mass is 35.5. The summed E-state index contributed by atoms with van der Waals surface area (Å²) in [6, 6.07) is 4.07. The summed E-state index contributed by atoms with van der Waals surface area (Å²) in [6.45, 7) is 0.0629. The molecule has 6 heteroatoms. The van der Waals surface area contributed by atoms with E-state index in [1.807, 2.05) is 17.8 Å².